The summed E-state index contributed by atoms with van der Waals surface area (Å²) >= 11 is 1.42. The van der Waals surface area contributed by atoms with Gasteiger partial charge in [-0.05, 0) is 19.4 Å². The minimum atomic E-state index is -0.334. The fraction of sp³-hybridized carbons (Fsp3) is 0.500. The van der Waals surface area contributed by atoms with Crippen LogP contribution < -0.4 is 11.1 Å². The molecule has 1 saturated heterocycles. The van der Waals surface area contributed by atoms with Crippen LogP contribution in [-0.4, -0.2) is 25.2 Å². The minimum Gasteiger partial charge on any atom is -0.379 e. The summed E-state index contributed by atoms with van der Waals surface area (Å²) in [5.41, 5.74) is 7.25. The predicted molar refractivity (Wildman–Crippen MR) is 69.4 cm³/mol. The molecule has 6 heteroatoms. The molecule has 0 saturated carbocycles. The Labute approximate surface area is 110 Å². The molecular weight excluding hydrogens is 250 g/mol. The van der Waals surface area contributed by atoms with E-state index in [0.717, 1.165) is 10.4 Å². The van der Waals surface area contributed by atoms with Gasteiger partial charge >= 0.3 is 0 Å². The molecule has 2 heterocycles. The number of nitrogens with one attached hydrogen (secondary N) is 1. The number of nitrogens with zero attached hydrogens (tertiary/aromatic N) is 1. The molecule has 96 valence electrons. The van der Waals surface area contributed by atoms with Crippen LogP contribution in [0.15, 0.2) is 0 Å². The van der Waals surface area contributed by atoms with Gasteiger partial charge in [0, 0.05) is 10.9 Å². The Hall–Kier alpha value is -1.42. The quantitative estimate of drug-likeness (QED) is 0.839. The van der Waals surface area contributed by atoms with E-state index in [1.54, 1.807) is 0 Å². The minimum absolute atomic E-state index is 0.169. The number of hydrogen-bond acceptors (Lipinski definition) is 5. The van der Waals surface area contributed by atoms with Crippen LogP contribution in [0.2, 0.25) is 0 Å². The molecule has 0 aromatic carbocycles. The normalized spacial score (nSPS) is 22.8. The molecule has 1 fully saturated rings. The largest absolute Gasteiger partial charge is 0.379 e. The van der Waals surface area contributed by atoms with Gasteiger partial charge < -0.3 is 15.8 Å². The van der Waals surface area contributed by atoms with Crippen LogP contribution in [0.3, 0.4) is 0 Å². The number of anilines is 1. The molecule has 1 aliphatic heterocycles. The van der Waals surface area contributed by atoms with Crippen molar-refractivity contribution in [1.29, 1.82) is 5.26 Å². The zero-order chi connectivity index (χ0) is 13.3. The maximum Gasteiger partial charge on any atom is 0.232 e. The first-order valence-electron chi connectivity index (χ1n) is 5.69. The molecule has 1 aromatic heterocycles. The van der Waals surface area contributed by atoms with E-state index < -0.39 is 0 Å². The fourth-order valence-corrected chi connectivity index (χ4v) is 2.91. The van der Waals surface area contributed by atoms with Gasteiger partial charge in [-0.1, -0.05) is 0 Å². The van der Waals surface area contributed by atoms with Gasteiger partial charge in [-0.2, -0.15) is 5.26 Å². The van der Waals surface area contributed by atoms with Gasteiger partial charge in [0.15, 0.2) is 0 Å². The van der Waals surface area contributed by atoms with Crippen LogP contribution >= 0.6 is 11.3 Å². The second-order valence-corrected chi connectivity index (χ2v) is 5.62. The summed E-state index contributed by atoms with van der Waals surface area (Å²) in [5.74, 6) is -0.503. The van der Waals surface area contributed by atoms with Crippen molar-refractivity contribution in [2.75, 3.05) is 18.5 Å². The third-order valence-electron chi connectivity index (χ3n) is 3.20. The lowest BCUT2D eigenvalue weighted by molar-refractivity contribution is -0.120. The summed E-state index contributed by atoms with van der Waals surface area (Å²) in [7, 11) is 0. The Kier molecular flexibility index (Phi) is 3.66. The van der Waals surface area contributed by atoms with Crippen molar-refractivity contribution in [3.63, 3.8) is 0 Å². The van der Waals surface area contributed by atoms with E-state index in [0.29, 0.717) is 23.8 Å². The molecular formula is C12H15N3O2S. The molecule has 2 atom stereocenters. The van der Waals surface area contributed by atoms with Crippen molar-refractivity contribution in [2.45, 2.75) is 19.9 Å². The molecule has 18 heavy (non-hydrogen) atoms. The number of carbonyl (C=O) groups is 1. The van der Waals surface area contributed by atoms with Crippen LogP contribution in [0.5, 0.6) is 0 Å². The van der Waals surface area contributed by atoms with E-state index in [-0.39, 0.29) is 17.9 Å². The molecule has 2 rings (SSSR count). The average molecular weight is 265 g/mol. The van der Waals surface area contributed by atoms with E-state index in [1.165, 1.54) is 11.3 Å². The van der Waals surface area contributed by atoms with E-state index in [2.05, 4.69) is 11.4 Å². The van der Waals surface area contributed by atoms with Crippen molar-refractivity contribution in [3.05, 3.63) is 16.0 Å². The molecule has 0 bridgehead atoms. The standard InChI is InChI=1S/C12H15N3O2S/c1-6-7(2)18-12(8(6)3-13)15-11(16)9-4-17-5-10(9)14/h9-10H,4-5,14H2,1-2H3,(H,15,16). The topological polar surface area (TPSA) is 88.1 Å². The Morgan fingerprint density at radius 1 is 1.56 bits per heavy atom. The van der Waals surface area contributed by atoms with Crippen molar-refractivity contribution in [3.8, 4) is 6.07 Å². The molecule has 0 aliphatic carbocycles. The number of aryl methyl sites for hydroxylation is 1. The van der Waals surface area contributed by atoms with Crippen LogP contribution in [0.1, 0.15) is 16.0 Å². The van der Waals surface area contributed by atoms with Crippen LogP contribution in [0.25, 0.3) is 0 Å². The first-order valence-corrected chi connectivity index (χ1v) is 6.50. The summed E-state index contributed by atoms with van der Waals surface area (Å²) in [6.45, 7) is 4.56. The number of amides is 1. The molecule has 0 radical (unpaired) electrons. The summed E-state index contributed by atoms with van der Waals surface area (Å²) in [4.78, 5) is 13.1. The Balaban J connectivity index is 2.17. The smallest absolute Gasteiger partial charge is 0.232 e. The van der Waals surface area contributed by atoms with E-state index in [9.17, 15) is 4.79 Å². The van der Waals surface area contributed by atoms with Gasteiger partial charge in [0.2, 0.25) is 5.91 Å². The summed E-state index contributed by atoms with van der Waals surface area (Å²) in [6.07, 6.45) is 0. The molecule has 5 nitrogen and oxygen atoms in total. The predicted octanol–water partition coefficient (Wildman–Crippen LogP) is 1.15. The Morgan fingerprint density at radius 2 is 2.28 bits per heavy atom. The highest BCUT2D eigenvalue weighted by Gasteiger charge is 2.32. The molecule has 1 amide bonds. The van der Waals surface area contributed by atoms with Crippen LogP contribution in [-0.2, 0) is 9.53 Å². The third kappa shape index (κ3) is 2.25. The number of nitriles is 1. The fourth-order valence-electron chi connectivity index (χ4n) is 1.90. The molecule has 2 unspecified atom stereocenters. The third-order valence-corrected chi connectivity index (χ3v) is 4.32. The second-order valence-electron chi connectivity index (χ2n) is 4.40. The van der Waals surface area contributed by atoms with Gasteiger partial charge in [-0.3, -0.25) is 4.79 Å². The zero-order valence-electron chi connectivity index (χ0n) is 10.3. The van der Waals surface area contributed by atoms with Gasteiger partial charge in [-0.15, -0.1) is 11.3 Å². The van der Waals surface area contributed by atoms with Crippen molar-refractivity contribution < 1.29 is 9.53 Å². The monoisotopic (exact) mass is 265 g/mol. The van der Waals surface area contributed by atoms with E-state index in [4.69, 9.17) is 15.7 Å². The maximum absolute atomic E-state index is 12.0. The number of nitrogens with two attached hydrogens (primary N) is 1. The lowest BCUT2D eigenvalue weighted by Crippen LogP contribution is -2.37. The lowest BCUT2D eigenvalue weighted by atomic mass is 10.0. The number of ether oxygens (including phenoxy) is 1. The van der Waals surface area contributed by atoms with Crippen LogP contribution in [0.4, 0.5) is 5.00 Å². The first kappa shape index (κ1) is 13.0. The highest BCUT2D eigenvalue weighted by molar-refractivity contribution is 7.16. The molecule has 0 spiro atoms. The van der Waals surface area contributed by atoms with Gasteiger partial charge in [-0.25, -0.2) is 0 Å². The van der Waals surface area contributed by atoms with E-state index >= 15 is 0 Å². The number of thiophene rings is 1. The highest BCUT2D eigenvalue weighted by atomic mass is 32.1. The maximum atomic E-state index is 12.0. The van der Waals surface area contributed by atoms with Gasteiger partial charge in [0.1, 0.15) is 11.1 Å². The van der Waals surface area contributed by atoms with Crippen molar-refractivity contribution in [1.82, 2.24) is 0 Å². The van der Waals surface area contributed by atoms with Crippen LogP contribution in [0, 0.1) is 31.1 Å². The van der Waals surface area contributed by atoms with Crippen molar-refractivity contribution in [2.24, 2.45) is 11.7 Å². The van der Waals surface area contributed by atoms with Gasteiger partial charge in [0.25, 0.3) is 0 Å². The molecule has 3 N–H and O–H groups in total. The second kappa shape index (κ2) is 5.06. The van der Waals surface area contributed by atoms with Gasteiger partial charge in [0.05, 0.1) is 24.7 Å². The summed E-state index contributed by atoms with van der Waals surface area (Å²) in [5, 5.41) is 12.5. The summed E-state index contributed by atoms with van der Waals surface area (Å²) < 4.78 is 5.17. The SMILES string of the molecule is Cc1sc(NC(=O)C2COCC2N)c(C#N)c1C. The molecule has 1 aromatic rings. The lowest BCUT2D eigenvalue weighted by Gasteiger charge is -2.12. The Morgan fingerprint density at radius 3 is 2.83 bits per heavy atom. The summed E-state index contributed by atoms with van der Waals surface area (Å²) in [6, 6.07) is 1.86. The number of carbonyl (C=O) groups excluding carboxylic acids is 1. The average Bonchev–Trinajstić information content (AvgIpc) is 2.85. The number of hydrogen-bond donors (Lipinski definition) is 2. The van der Waals surface area contributed by atoms with Crippen molar-refractivity contribution >= 4 is 22.2 Å². The Bertz CT molecular complexity index is 518. The zero-order valence-corrected chi connectivity index (χ0v) is 11.1. The number of rotatable bonds is 2. The first-order chi connectivity index (χ1) is 8.54. The van der Waals surface area contributed by atoms with E-state index in [1.807, 2.05) is 13.8 Å². The molecule has 1 aliphatic rings. The highest BCUT2D eigenvalue weighted by Crippen LogP contribution is 2.32.